The fraction of sp³-hybridized carbons (Fsp3) is 0.312. The Kier molecular flexibility index (Phi) is 4.98. The number of carbonyl (C=O) groups excluding carboxylic acids is 1. The number of hydrogen-bond acceptors (Lipinski definition) is 4. The fourth-order valence-corrected chi connectivity index (χ4v) is 2.95. The van der Waals surface area contributed by atoms with Gasteiger partial charge in [0.15, 0.2) is 0 Å². The fourth-order valence-electron chi connectivity index (χ4n) is 2.61. The molecule has 0 saturated heterocycles. The predicted octanol–water partition coefficient (Wildman–Crippen LogP) is 4.20. The van der Waals surface area contributed by atoms with Crippen LogP contribution in [0.5, 0.6) is 0 Å². The molecule has 0 unspecified atom stereocenters. The van der Waals surface area contributed by atoms with E-state index in [4.69, 9.17) is 23.2 Å². The SMILES string of the molecule is O=C(NC1CCCC1)c1cc(Nc2cc(Cl)ccc2Cl)ncn1. The van der Waals surface area contributed by atoms with E-state index in [1.165, 1.54) is 6.33 Å². The van der Waals surface area contributed by atoms with Crippen LogP contribution in [0.25, 0.3) is 0 Å². The third-order valence-corrected chi connectivity index (χ3v) is 4.35. The van der Waals surface area contributed by atoms with E-state index in [9.17, 15) is 4.79 Å². The molecule has 0 bridgehead atoms. The van der Waals surface area contributed by atoms with Gasteiger partial charge >= 0.3 is 0 Å². The second-order valence-corrected chi connectivity index (χ2v) is 6.34. The van der Waals surface area contributed by atoms with Crippen molar-refractivity contribution in [3.63, 3.8) is 0 Å². The smallest absolute Gasteiger partial charge is 0.270 e. The van der Waals surface area contributed by atoms with Gasteiger partial charge in [0.2, 0.25) is 0 Å². The molecule has 0 aliphatic heterocycles. The molecule has 2 N–H and O–H groups in total. The normalized spacial score (nSPS) is 14.7. The first-order valence-electron chi connectivity index (χ1n) is 7.47. The maximum Gasteiger partial charge on any atom is 0.270 e. The lowest BCUT2D eigenvalue weighted by molar-refractivity contribution is 0.0932. The highest BCUT2D eigenvalue weighted by atomic mass is 35.5. The average Bonchev–Trinajstić information content (AvgIpc) is 3.04. The summed E-state index contributed by atoms with van der Waals surface area (Å²) < 4.78 is 0. The van der Waals surface area contributed by atoms with Crippen LogP contribution in [0, 0.1) is 0 Å². The molecule has 120 valence electrons. The second-order valence-electron chi connectivity index (χ2n) is 5.49. The van der Waals surface area contributed by atoms with E-state index in [-0.39, 0.29) is 11.9 Å². The van der Waals surface area contributed by atoms with Crippen molar-refractivity contribution in [2.45, 2.75) is 31.7 Å². The highest BCUT2D eigenvalue weighted by molar-refractivity contribution is 6.35. The summed E-state index contributed by atoms with van der Waals surface area (Å²) >= 11 is 12.1. The topological polar surface area (TPSA) is 66.9 Å². The minimum Gasteiger partial charge on any atom is -0.348 e. The van der Waals surface area contributed by atoms with E-state index < -0.39 is 0 Å². The number of amides is 1. The summed E-state index contributed by atoms with van der Waals surface area (Å²) in [6, 6.07) is 6.94. The first-order chi connectivity index (χ1) is 11.1. The van der Waals surface area contributed by atoms with Crippen molar-refractivity contribution in [2.75, 3.05) is 5.32 Å². The van der Waals surface area contributed by atoms with E-state index in [2.05, 4.69) is 20.6 Å². The lowest BCUT2D eigenvalue weighted by Crippen LogP contribution is -2.33. The van der Waals surface area contributed by atoms with Gasteiger partial charge in [-0.3, -0.25) is 4.79 Å². The predicted molar refractivity (Wildman–Crippen MR) is 91.5 cm³/mol. The van der Waals surface area contributed by atoms with Crippen LogP contribution in [-0.2, 0) is 0 Å². The summed E-state index contributed by atoms with van der Waals surface area (Å²) in [6.45, 7) is 0. The Morgan fingerprint density at radius 1 is 1.13 bits per heavy atom. The maximum atomic E-state index is 12.3. The van der Waals surface area contributed by atoms with Crippen molar-refractivity contribution in [3.8, 4) is 0 Å². The minimum atomic E-state index is -0.181. The minimum absolute atomic E-state index is 0.181. The van der Waals surface area contributed by atoms with Gasteiger partial charge in [0.1, 0.15) is 17.8 Å². The van der Waals surface area contributed by atoms with Crippen LogP contribution >= 0.6 is 23.2 Å². The maximum absolute atomic E-state index is 12.3. The molecular weight excluding hydrogens is 335 g/mol. The Hall–Kier alpha value is -1.85. The molecule has 0 radical (unpaired) electrons. The van der Waals surface area contributed by atoms with E-state index >= 15 is 0 Å². The molecule has 1 aliphatic rings. The van der Waals surface area contributed by atoms with E-state index in [0.717, 1.165) is 25.7 Å². The largest absolute Gasteiger partial charge is 0.348 e. The molecule has 7 heteroatoms. The molecule has 1 amide bonds. The molecular formula is C16H16Cl2N4O. The zero-order chi connectivity index (χ0) is 16.2. The van der Waals surface area contributed by atoms with Crippen LogP contribution in [0.3, 0.4) is 0 Å². The Balaban J connectivity index is 1.74. The van der Waals surface area contributed by atoms with Crippen molar-refractivity contribution < 1.29 is 4.79 Å². The summed E-state index contributed by atoms with van der Waals surface area (Å²) in [5.41, 5.74) is 0.951. The first-order valence-corrected chi connectivity index (χ1v) is 8.22. The standard InChI is InChI=1S/C16H16Cl2N4O/c17-10-5-6-12(18)13(7-10)22-15-8-14(19-9-20-15)16(23)21-11-3-1-2-4-11/h5-9,11H,1-4H2,(H,21,23)(H,19,20,22). The zero-order valence-corrected chi connectivity index (χ0v) is 13.9. The van der Waals surface area contributed by atoms with Crippen molar-refractivity contribution in [1.82, 2.24) is 15.3 Å². The lowest BCUT2D eigenvalue weighted by Gasteiger charge is -2.12. The van der Waals surface area contributed by atoms with Gasteiger partial charge in [-0.15, -0.1) is 0 Å². The van der Waals surface area contributed by atoms with Crippen LogP contribution in [0.1, 0.15) is 36.2 Å². The summed E-state index contributed by atoms with van der Waals surface area (Å²) in [5, 5.41) is 7.14. The Bertz CT molecular complexity index is 717. The quantitative estimate of drug-likeness (QED) is 0.866. The first kappa shape index (κ1) is 16.0. The van der Waals surface area contributed by atoms with Gasteiger partial charge < -0.3 is 10.6 Å². The monoisotopic (exact) mass is 350 g/mol. The molecule has 1 aromatic heterocycles. The molecule has 1 aliphatic carbocycles. The number of aromatic nitrogens is 2. The Labute approximate surface area is 144 Å². The molecule has 0 spiro atoms. The van der Waals surface area contributed by atoms with Crippen LogP contribution in [-0.4, -0.2) is 21.9 Å². The molecule has 0 atom stereocenters. The lowest BCUT2D eigenvalue weighted by atomic mass is 10.2. The third kappa shape index (κ3) is 4.12. The van der Waals surface area contributed by atoms with Gasteiger partial charge in [0.05, 0.1) is 10.7 Å². The van der Waals surface area contributed by atoms with E-state index in [1.54, 1.807) is 24.3 Å². The van der Waals surface area contributed by atoms with Crippen LogP contribution in [0.15, 0.2) is 30.6 Å². The number of hydrogen-bond donors (Lipinski definition) is 2. The van der Waals surface area contributed by atoms with Gasteiger partial charge in [-0.05, 0) is 31.0 Å². The van der Waals surface area contributed by atoms with Gasteiger partial charge in [-0.1, -0.05) is 36.0 Å². The molecule has 2 aromatic rings. The van der Waals surface area contributed by atoms with Crippen molar-refractivity contribution in [1.29, 1.82) is 0 Å². The molecule has 23 heavy (non-hydrogen) atoms. The second kappa shape index (κ2) is 7.15. The zero-order valence-electron chi connectivity index (χ0n) is 12.4. The third-order valence-electron chi connectivity index (χ3n) is 3.78. The van der Waals surface area contributed by atoms with Crippen LogP contribution < -0.4 is 10.6 Å². The number of anilines is 2. The van der Waals surface area contributed by atoms with Gasteiger partial charge in [0, 0.05) is 17.1 Å². The number of carbonyl (C=O) groups is 1. The molecule has 1 saturated carbocycles. The van der Waals surface area contributed by atoms with E-state index in [1.807, 2.05) is 0 Å². The highest BCUT2D eigenvalue weighted by Gasteiger charge is 2.19. The molecule has 5 nitrogen and oxygen atoms in total. The van der Waals surface area contributed by atoms with Crippen molar-refractivity contribution >= 4 is 40.6 Å². The Morgan fingerprint density at radius 3 is 2.70 bits per heavy atom. The van der Waals surface area contributed by atoms with Gasteiger partial charge in [0.25, 0.3) is 5.91 Å². The molecule has 1 aromatic carbocycles. The Morgan fingerprint density at radius 2 is 1.91 bits per heavy atom. The number of benzene rings is 1. The van der Waals surface area contributed by atoms with Crippen LogP contribution in [0.2, 0.25) is 10.0 Å². The molecule has 1 fully saturated rings. The van der Waals surface area contributed by atoms with Crippen molar-refractivity contribution in [3.05, 3.63) is 46.3 Å². The molecule has 3 rings (SSSR count). The van der Waals surface area contributed by atoms with Crippen molar-refractivity contribution in [2.24, 2.45) is 0 Å². The number of rotatable bonds is 4. The number of nitrogens with zero attached hydrogens (tertiary/aromatic N) is 2. The molecule has 1 heterocycles. The average molecular weight is 351 g/mol. The summed E-state index contributed by atoms with van der Waals surface area (Å²) in [6.07, 6.45) is 5.73. The highest BCUT2D eigenvalue weighted by Crippen LogP contribution is 2.27. The number of halogens is 2. The van der Waals surface area contributed by atoms with Gasteiger partial charge in [-0.25, -0.2) is 9.97 Å². The van der Waals surface area contributed by atoms with E-state index in [0.29, 0.717) is 27.2 Å². The van der Waals surface area contributed by atoms with Crippen LogP contribution in [0.4, 0.5) is 11.5 Å². The summed E-state index contributed by atoms with van der Waals surface area (Å²) in [5.74, 6) is 0.306. The number of nitrogens with one attached hydrogen (secondary N) is 2. The summed E-state index contributed by atoms with van der Waals surface area (Å²) in [4.78, 5) is 20.4. The summed E-state index contributed by atoms with van der Waals surface area (Å²) in [7, 11) is 0. The van der Waals surface area contributed by atoms with Gasteiger partial charge in [-0.2, -0.15) is 0 Å².